The van der Waals surface area contributed by atoms with Crippen LogP contribution in [0.2, 0.25) is 5.02 Å². The van der Waals surface area contributed by atoms with Gasteiger partial charge in [0, 0.05) is 11.5 Å². The molecular formula is C10H6BrClN2O3. The zero-order chi connectivity index (χ0) is 12.6. The molecule has 1 aromatic heterocycles. The number of hydrogen-bond acceptors (Lipinski definition) is 4. The lowest BCUT2D eigenvalue weighted by Crippen LogP contribution is -1.93. The molecule has 1 aromatic carbocycles. The average Bonchev–Trinajstić information content (AvgIpc) is 2.29. The lowest BCUT2D eigenvalue weighted by atomic mass is 10.2. The first kappa shape index (κ1) is 12.1. The third-order valence-electron chi connectivity index (χ3n) is 2.25. The molecule has 0 unspecified atom stereocenters. The Bertz CT molecular complexity index is 618. The van der Waals surface area contributed by atoms with Crippen molar-refractivity contribution in [2.45, 2.75) is 0 Å². The van der Waals surface area contributed by atoms with Crippen molar-refractivity contribution >= 4 is 44.1 Å². The van der Waals surface area contributed by atoms with Gasteiger partial charge in [0.25, 0.3) is 0 Å². The van der Waals surface area contributed by atoms with Crippen LogP contribution in [-0.4, -0.2) is 17.0 Å². The Labute approximate surface area is 110 Å². The summed E-state index contributed by atoms with van der Waals surface area (Å²) in [6, 6.07) is 3.31. The Hall–Kier alpha value is -1.40. The molecule has 0 aliphatic heterocycles. The molecule has 17 heavy (non-hydrogen) atoms. The molecule has 0 saturated heterocycles. The van der Waals surface area contributed by atoms with Crippen LogP contribution in [-0.2, 0) is 0 Å². The molecule has 0 radical (unpaired) electrons. The van der Waals surface area contributed by atoms with Crippen LogP contribution >= 0.6 is 27.5 Å². The van der Waals surface area contributed by atoms with Crippen molar-refractivity contribution in [1.82, 2.24) is 4.98 Å². The van der Waals surface area contributed by atoms with Gasteiger partial charge in [-0.3, -0.25) is 10.1 Å². The fourth-order valence-corrected chi connectivity index (χ4v) is 2.21. The first-order valence-electron chi connectivity index (χ1n) is 4.50. The minimum Gasteiger partial charge on any atom is -0.495 e. The molecule has 0 bridgehead atoms. The molecular weight excluding hydrogens is 311 g/mol. The SMILES string of the molecule is COc1cc2ncc([N+](=O)[O-])c(Cl)c2cc1Br. The zero-order valence-corrected chi connectivity index (χ0v) is 10.9. The molecule has 0 aliphatic rings. The largest absolute Gasteiger partial charge is 0.495 e. The van der Waals surface area contributed by atoms with Crippen LogP contribution in [0.4, 0.5) is 5.69 Å². The van der Waals surface area contributed by atoms with E-state index in [1.54, 1.807) is 12.1 Å². The quantitative estimate of drug-likeness (QED) is 0.627. The van der Waals surface area contributed by atoms with Gasteiger partial charge >= 0.3 is 5.69 Å². The molecule has 0 amide bonds. The van der Waals surface area contributed by atoms with Crippen molar-refractivity contribution in [3.05, 3.63) is 37.9 Å². The Balaban J connectivity index is 2.78. The Morgan fingerprint density at radius 1 is 1.53 bits per heavy atom. The van der Waals surface area contributed by atoms with Crippen molar-refractivity contribution in [2.75, 3.05) is 7.11 Å². The Morgan fingerprint density at radius 2 is 2.24 bits per heavy atom. The molecule has 0 aliphatic carbocycles. The Morgan fingerprint density at radius 3 is 2.82 bits per heavy atom. The standard InChI is InChI=1S/C10H6BrClN2O3/c1-17-9-3-7-5(2-6(9)11)10(12)8(4-13-7)14(15)16/h2-4H,1H3. The van der Waals surface area contributed by atoms with Crippen LogP contribution in [0.3, 0.4) is 0 Å². The maximum Gasteiger partial charge on any atom is 0.306 e. The highest BCUT2D eigenvalue weighted by Gasteiger charge is 2.17. The van der Waals surface area contributed by atoms with E-state index in [9.17, 15) is 10.1 Å². The summed E-state index contributed by atoms with van der Waals surface area (Å²) in [4.78, 5) is 14.1. The van der Waals surface area contributed by atoms with E-state index in [4.69, 9.17) is 16.3 Å². The molecule has 0 fully saturated rings. The van der Waals surface area contributed by atoms with Crippen molar-refractivity contribution in [3.8, 4) is 5.75 Å². The summed E-state index contributed by atoms with van der Waals surface area (Å²) in [6.45, 7) is 0. The van der Waals surface area contributed by atoms with Gasteiger partial charge in [-0.25, -0.2) is 4.98 Å². The van der Waals surface area contributed by atoms with Crippen molar-refractivity contribution < 1.29 is 9.66 Å². The fourth-order valence-electron chi connectivity index (χ4n) is 1.43. The van der Waals surface area contributed by atoms with E-state index in [-0.39, 0.29) is 10.7 Å². The molecule has 0 spiro atoms. The molecule has 88 valence electrons. The predicted octanol–water partition coefficient (Wildman–Crippen LogP) is 3.57. The zero-order valence-electron chi connectivity index (χ0n) is 8.61. The molecule has 0 atom stereocenters. The van der Waals surface area contributed by atoms with Gasteiger partial charge in [0.2, 0.25) is 0 Å². The summed E-state index contributed by atoms with van der Waals surface area (Å²) in [7, 11) is 1.53. The second kappa shape index (κ2) is 4.46. The monoisotopic (exact) mass is 316 g/mol. The number of hydrogen-bond donors (Lipinski definition) is 0. The summed E-state index contributed by atoms with van der Waals surface area (Å²) in [6.07, 6.45) is 1.14. The lowest BCUT2D eigenvalue weighted by Gasteiger charge is -2.06. The number of pyridine rings is 1. The summed E-state index contributed by atoms with van der Waals surface area (Å²) in [5.74, 6) is 0.593. The predicted molar refractivity (Wildman–Crippen MR) is 67.7 cm³/mol. The number of nitro groups is 1. The van der Waals surface area contributed by atoms with Crippen molar-refractivity contribution in [1.29, 1.82) is 0 Å². The highest BCUT2D eigenvalue weighted by molar-refractivity contribution is 9.10. The minimum absolute atomic E-state index is 0.0725. The van der Waals surface area contributed by atoms with Gasteiger partial charge in [0.15, 0.2) is 0 Å². The second-order valence-corrected chi connectivity index (χ2v) is 4.45. The maximum absolute atomic E-state index is 10.7. The number of aromatic nitrogens is 1. The van der Waals surface area contributed by atoms with Gasteiger partial charge in [-0.1, -0.05) is 11.6 Å². The minimum atomic E-state index is -0.563. The molecule has 0 saturated carbocycles. The van der Waals surface area contributed by atoms with E-state index in [0.29, 0.717) is 21.1 Å². The molecule has 1 heterocycles. The van der Waals surface area contributed by atoms with Crippen LogP contribution in [0.5, 0.6) is 5.75 Å². The molecule has 7 heteroatoms. The molecule has 2 aromatic rings. The first-order chi connectivity index (χ1) is 8.04. The molecule has 0 N–H and O–H groups in total. The van der Waals surface area contributed by atoms with Crippen LogP contribution in [0.1, 0.15) is 0 Å². The van der Waals surface area contributed by atoms with Crippen LogP contribution in [0, 0.1) is 10.1 Å². The van der Waals surface area contributed by atoms with Gasteiger partial charge in [0.05, 0.1) is 22.0 Å². The van der Waals surface area contributed by atoms with Crippen LogP contribution in [0.15, 0.2) is 22.8 Å². The average molecular weight is 318 g/mol. The Kier molecular flexibility index (Phi) is 3.17. The second-order valence-electron chi connectivity index (χ2n) is 3.22. The van der Waals surface area contributed by atoms with E-state index in [2.05, 4.69) is 20.9 Å². The smallest absolute Gasteiger partial charge is 0.306 e. The molecule has 2 rings (SSSR count). The van der Waals surface area contributed by atoms with E-state index >= 15 is 0 Å². The summed E-state index contributed by atoms with van der Waals surface area (Å²) in [5, 5.41) is 11.3. The van der Waals surface area contributed by atoms with E-state index < -0.39 is 4.92 Å². The van der Waals surface area contributed by atoms with E-state index in [1.807, 2.05) is 0 Å². The van der Waals surface area contributed by atoms with Crippen molar-refractivity contribution in [2.24, 2.45) is 0 Å². The fraction of sp³-hybridized carbons (Fsp3) is 0.100. The van der Waals surface area contributed by atoms with Gasteiger partial charge in [0.1, 0.15) is 17.0 Å². The van der Waals surface area contributed by atoms with Crippen LogP contribution < -0.4 is 4.74 Å². The summed E-state index contributed by atoms with van der Waals surface area (Å²) in [5.41, 5.74) is 0.330. The highest BCUT2D eigenvalue weighted by atomic mass is 79.9. The van der Waals surface area contributed by atoms with Gasteiger partial charge in [-0.2, -0.15) is 0 Å². The topological polar surface area (TPSA) is 65.3 Å². The lowest BCUT2D eigenvalue weighted by molar-refractivity contribution is -0.384. The third kappa shape index (κ3) is 2.05. The number of nitrogens with zero attached hydrogens (tertiary/aromatic N) is 2. The third-order valence-corrected chi connectivity index (χ3v) is 3.27. The normalized spacial score (nSPS) is 10.5. The van der Waals surface area contributed by atoms with Gasteiger partial charge in [-0.05, 0) is 22.0 Å². The maximum atomic E-state index is 10.7. The number of rotatable bonds is 2. The van der Waals surface area contributed by atoms with Gasteiger partial charge < -0.3 is 4.74 Å². The molecule has 5 nitrogen and oxygen atoms in total. The van der Waals surface area contributed by atoms with E-state index in [1.165, 1.54) is 7.11 Å². The van der Waals surface area contributed by atoms with Crippen molar-refractivity contribution in [3.63, 3.8) is 0 Å². The number of methoxy groups -OCH3 is 1. The summed E-state index contributed by atoms with van der Waals surface area (Å²) < 4.78 is 5.77. The number of benzene rings is 1. The number of halogens is 2. The van der Waals surface area contributed by atoms with Gasteiger partial charge in [-0.15, -0.1) is 0 Å². The van der Waals surface area contributed by atoms with Crippen LogP contribution in [0.25, 0.3) is 10.9 Å². The number of fused-ring (bicyclic) bond motifs is 1. The number of ether oxygens (including phenoxy) is 1. The highest BCUT2D eigenvalue weighted by Crippen LogP contribution is 2.36. The summed E-state index contributed by atoms with van der Waals surface area (Å²) >= 11 is 9.25. The first-order valence-corrected chi connectivity index (χ1v) is 5.68. The van der Waals surface area contributed by atoms with E-state index in [0.717, 1.165) is 6.20 Å².